The van der Waals surface area contributed by atoms with Crippen LogP contribution in [-0.2, 0) is 16.1 Å². The number of benzene rings is 3. The van der Waals surface area contributed by atoms with Crippen molar-refractivity contribution in [3.05, 3.63) is 103 Å². The number of nitro benzene ring substituents is 1. The van der Waals surface area contributed by atoms with E-state index in [4.69, 9.17) is 25.8 Å². The summed E-state index contributed by atoms with van der Waals surface area (Å²) < 4.78 is 16.7. The van der Waals surface area contributed by atoms with Crippen molar-refractivity contribution < 1.29 is 23.9 Å². The molecule has 0 saturated carbocycles. The summed E-state index contributed by atoms with van der Waals surface area (Å²) in [5, 5.41) is 11.5. The largest absolute Gasteiger partial charge is 0.493 e. The van der Waals surface area contributed by atoms with E-state index in [0.717, 1.165) is 11.1 Å². The van der Waals surface area contributed by atoms with Crippen molar-refractivity contribution in [2.45, 2.75) is 20.5 Å². The summed E-state index contributed by atoms with van der Waals surface area (Å²) in [6.07, 6.45) is 1.50. The van der Waals surface area contributed by atoms with Crippen LogP contribution in [0.5, 0.6) is 11.5 Å². The van der Waals surface area contributed by atoms with Gasteiger partial charge in [-0.1, -0.05) is 47.5 Å². The van der Waals surface area contributed by atoms with Crippen molar-refractivity contribution >= 4 is 35.2 Å². The van der Waals surface area contributed by atoms with Crippen LogP contribution in [0.2, 0.25) is 5.02 Å². The van der Waals surface area contributed by atoms with Crippen LogP contribution in [-0.4, -0.2) is 23.9 Å². The lowest BCUT2D eigenvalue weighted by Crippen LogP contribution is -2.08. The number of cyclic esters (lactones) is 1. The van der Waals surface area contributed by atoms with Gasteiger partial charge in [0.15, 0.2) is 17.2 Å². The second kappa shape index (κ2) is 9.99. The second-order valence-corrected chi connectivity index (χ2v) is 8.26. The molecule has 0 aromatic heterocycles. The zero-order valence-corrected chi connectivity index (χ0v) is 20.0. The fourth-order valence-electron chi connectivity index (χ4n) is 3.66. The maximum Gasteiger partial charge on any atom is 0.363 e. The zero-order valence-electron chi connectivity index (χ0n) is 19.2. The average molecular weight is 493 g/mol. The van der Waals surface area contributed by atoms with Crippen molar-refractivity contribution in [2.24, 2.45) is 4.99 Å². The number of aryl methyl sites for hydroxylation is 1. The van der Waals surface area contributed by atoms with Gasteiger partial charge in [0, 0.05) is 17.2 Å². The maximum absolute atomic E-state index is 12.5. The van der Waals surface area contributed by atoms with Gasteiger partial charge in [0.25, 0.3) is 5.69 Å². The van der Waals surface area contributed by atoms with Crippen LogP contribution in [0, 0.1) is 24.0 Å². The van der Waals surface area contributed by atoms with Crippen LogP contribution >= 0.6 is 11.6 Å². The summed E-state index contributed by atoms with van der Waals surface area (Å²) in [4.78, 5) is 27.4. The summed E-state index contributed by atoms with van der Waals surface area (Å²) in [5.41, 5.74) is 3.31. The number of methoxy groups -OCH3 is 1. The summed E-state index contributed by atoms with van der Waals surface area (Å²) in [6.45, 7) is 3.88. The lowest BCUT2D eigenvalue weighted by molar-refractivity contribution is -0.385. The molecule has 0 fully saturated rings. The number of carbonyl (C=O) groups is 1. The number of aliphatic imine (C=N–C) groups is 1. The highest BCUT2D eigenvalue weighted by molar-refractivity contribution is 6.32. The topological polar surface area (TPSA) is 100 Å². The monoisotopic (exact) mass is 492 g/mol. The zero-order chi connectivity index (χ0) is 25.1. The average Bonchev–Trinajstić information content (AvgIpc) is 3.17. The molecule has 9 heteroatoms. The third-order valence-corrected chi connectivity index (χ3v) is 5.65. The van der Waals surface area contributed by atoms with Crippen molar-refractivity contribution in [1.82, 2.24) is 0 Å². The van der Waals surface area contributed by atoms with Crippen LogP contribution in [0.4, 0.5) is 5.69 Å². The van der Waals surface area contributed by atoms with Crippen LogP contribution in [0.1, 0.15) is 27.8 Å². The first kappa shape index (κ1) is 24.0. The normalized spacial score (nSPS) is 14.0. The van der Waals surface area contributed by atoms with Crippen molar-refractivity contribution in [2.75, 3.05) is 7.11 Å². The van der Waals surface area contributed by atoms with Crippen LogP contribution in [0.25, 0.3) is 6.08 Å². The van der Waals surface area contributed by atoms with E-state index in [1.54, 1.807) is 25.1 Å². The molecule has 3 aromatic rings. The van der Waals surface area contributed by atoms with E-state index < -0.39 is 10.9 Å². The molecule has 1 aliphatic rings. The maximum atomic E-state index is 12.5. The third kappa shape index (κ3) is 5.17. The van der Waals surface area contributed by atoms with Gasteiger partial charge in [-0.05, 0) is 49.2 Å². The molecule has 1 heterocycles. The Morgan fingerprint density at radius 2 is 1.91 bits per heavy atom. The number of hydrogen-bond donors (Lipinski definition) is 0. The van der Waals surface area contributed by atoms with Gasteiger partial charge in [0.05, 0.1) is 17.1 Å². The quantitative estimate of drug-likeness (QED) is 0.179. The van der Waals surface area contributed by atoms with Gasteiger partial charge >= 0.3 is 5.97 Å². The molecule has 8 nitrogen and oxygen atoms in total. The lowest BCUT2D eigenvalue weighted by Gasteiger charge is -2.13. The number of carbonyl (C=O) groups excluding carboxylic acids is 1. The molecule has 0 bridgehead atoms. The molecular weight excluding hydrogens is 472 g/mol. The summed E-state index contributed by atoms with van der Waals surface area (Å²) in [7, 11) is 1.49. The first-order chi connectivity index (χ1) is 16.8. The molecule has 0 radical (unpaired) electrons. The summed E-state index contributed by atoms with van der Waals surface area (Å²) in [6, 6.07) is 15.7. The number of nitro groups is 1. The number of esters is 1. The van der Waals surface area contributed by atoms with Crippen molar-refractivity contribution in [3.63, 3.8) is 0 Å². The van der Waals surface area contributed by atoms with Crippen LogP contribution < -0.4 is 9.47 Å². The minimum absolute atomic E-state index is 0.00128. The van der Waals surface area contributed by atoms with Gasteiger partial charge in [0.2, 0.25) is 5.90 Å². The van der Waals surface area contributed by atoms with Crippen LogP contribution in [0.15, 0.2) is 65.3 Å². The first-order valence-corrected chi connectivity index (χ1v) is 11.0. The van der Waals surface area contributed by atoms with E-state index in [9.17, 15) is 14.9 Å². The van der Waals surface area contributed by atoms with Gasteiger partial charge in [-0.15, -0.1) is 0 Å². The molecule has 0 aliphatic carbocycles. The Morgan fingerprint density at radius 1 is 1.14 bits per heavy atom. The molecule has 3 aromatic carbocycles. The van der Waals surface area contributed by atoms with Gasteiger partial charge in [-0.3, -0.25) is 10.1 Å². The van der Waals surface area contributed by atoms with E-state index in [1.807, 2.05) is 31.2 Å². The SMILES string of the molecule is COc1cc(/C=C2\N=C(c3cccc([N+](=O)[O-])c3C)OC2=O)cc(Cl)c1OCc1cccc(C)c1. The minimum Gasteiger partial charge on any atom is -0.493 e. The highest BCUT2D eigenvalue weighted by Crippen LogP contribution is 2.38. The minimum atomic E-state index is -0.680. The predicted molar refractivity (Wildman–Crippen MR) is 132 cm³/mol. The Morgan fingerprint density at radius 3 is 2.63 bits per heavy atom. The van der Waals surface area contributed by atoms with Crippen molar-refractivity contribution in [1.29, 1.82) is 0 Å². The first-order valence-electron chi connectivity index (χ1n) is 10.6. The van der Waals surface area contributed by atoms with Gasteiger partial charge in [-0.2, -0.15) is 0 Å². The van der Waals surface area contributed by atoms with Crippen LogP contribution in [0.3, 0.4) is 0 Å². The fraction of sp³-hybridized carbons (Fsp3) is 0.154. The van der Waals surface area contributed by atoms with E-state index in [0.29, 0.717) is 39.8 Å². The Bertz CT molecular complexity index is 1400. The molecule has 35 heavy (non-hydrogen) atoms. The predicted octanol–water partition coefficient (Wildman–Crippen LogP) is 5.80. The number of nitrogens with zero attached hydrogens (tertiary/aromatic N) is 2. The van der Waals surface area contributed by atoms with Gasteiger partial charge in [0.1, 0.15) is 6.61 Å². The number of ether oxygens (including phenoxy) is 3. The summed E-state index contributed by atoms with van der Waals surface area (Å²) >= 11 is 6.47. The number of hydrogen-bond acceptors (Lipinski definition) is 7. The van der Waals surface area contributed by atoms with E-state index >= 15 is 0 Å². The number of rotatable bonds is 7. The lowest BCUT2D eigenvalue weighted by atomic mass is 10.1. The molecule has 0 saturated heterocycles. The third-order valence-electron chi connectivity index (χ3n) is 5.37. The van der Waals surface area contributed by atoms with E-state index in [2.05, 4.69) is 4.99 Å². The van der Waals surface area contributed by atoms with Gasteiger partial charge in [-0.25, -0.2) is 9.79 Å². The Labute approximate surface area is 206 Å². The van der Waals surface area contributed by atoms with E-state index in [1.165, 1.54) is 25.3 Å². The molecule has 0 N–H and O–H groups in total. The molecule has 0 spiro atoms. The molecule has 1 aliphatic heterocycles. The molecule has 0 unspecified atom stereocenters. The Kier molecular flexibility index (Phi) is 6.84. The standard InChI is InChI=1S/C26H21ClN2O6/c1-15-6-4-7-17(10-15)14-34-24-20(27)11-18(13-23(24)33-3)12-21-26(30)35-25(28-21)19-8-5-9-22(16(19)2)29(31)32/h4-13H,14H2,1-3H3/b21-12-. The fourth-order valence-corrected chi connectivity index (χ4v) is 3.93. The molecular formula is C26H21ClN2O6. The molecule has 4 rings (SSSR count). The number of halogens is 1. The van der Waals surface area contributed by atoms with Gasteiger partial charge < -0.3 is 14.2 Å². The molecule has 178 valence electrons. The second-order valence-electron chi connectivity index (χ2n) is 7.85. The van der Waals surface area contributed by atoms with E-state index in [-0.39, 0.29) is 17.3 Å². The highest BCUT2D eigenvalue weighted by atomic mass is 35.5. The molecule has 0 atom stereocenters. The Hall–Kier alpha value is -4.17. The Balaban J connectivity index is 1.62. The molecule has 0 amide bonds. The highest BCUT2D eigenvalue weighted by Gasteiger charge is 2.27. The van der Waals surface area contributed by atoms with Crippen molar-refractivity contribution in [3.8, 4) is 11.5 Å². The summed E-state index contributed by atoms with van der Waals surface area (Å²) in [5.74, 6) is 0.0877. The smallest absolute Gasteiger partial charge is 0.363 e.